The molecule has 1 aromatic heterocycles. The van der Waals surface area contributed by atoms with Gasteiger partial charge >= 0.3 is 0 Å². The van der Waals surface area contributed by atoms with Crippen LogP contribution in [0.1, 0.15) is 0 Å². The highest BCUT2D eigenvalue weighted by atomic mass is 127. The van der Waals surface area contributed by atoms with Gasteiger partial charge in [0.2, 0.25) is 5.95 Å². The van der Waals surface area contributed by atoms with Crippen LogP contribution in [0.15, 0.2) is 18.3 Å². The second-order valence-electron chi connectivity index (χ2n) is 2.53. The van der Waals surface area contributed by atoms with E-state index >= 15 is 0 Å². The van der Waals surface area contributed by atoms with Gasteiger partial charge in [-0.25, -0.2) is 14.4 Å². The van der Waals surface area contributed by atoms with Crippen molar-refractivity contribution >= 4 is 39.4 Å². The molecule has 66 valence electrons. The van der Waals surface area contributed by atoms with Crippen molar-refractivity contribution in [1.29, 1.82) is 0 Å². The van der Waals surface area contributed by atoms with Crippen LogP contribution in [0.25, 0.3) is 10.9 Å². The van der Waals surface area contributed by atoms with Gasteiger partial charge in [-0.3, -0.25) is 0 Å². The molecule has 3 nitrogen and oxygen atoms in total. The van der Waals surface area contributed by atoms with Crippen molar-refractivity contribution < 1.29 is 4.39 Å². The Morgan fingerprint density at radius 1 is 1.38 bits per heavy atom. The third kappa shape index (κ3) is 1.43. The standard InChI is InChI=1S/C8H5FIN3/c9-6-5(10)2-1-4-3-12-8(11)13-7(4)6/h1-3H,(H2,11,12,13). The molecule has 0 aliphatic heterocycles. The van der Waals surface area contributed by atoms with Crippen LogP contribution < -0.4 is 5.73 Å². The van der Waals surface area contributed by atoms with E-state index in [0.29, 0.717) is 8.96 Å². The quantitative estimate of drug-likeness (QED) is 0.754. The van der Waals surface area contributed by atoms with Gasteiger partial charge in [0, 0.05) is 11.6 Å². The third-order valence-electron chi connectivity index (χ3n) is 1.66. The van der Waals surface area contributed by atoms with E-state index in [9.17, 15) is 4.39 Å². The molecule has 2 rings (SSSR count). The molecule has 0 unspecified atom stereocenters. The molecule has 0 aliphatic rings. The monoisotopic (exact) mass is 289 g/mol. The number of halogens is 2. The van der Waals surface area contributed by atoms with Gasteiger partial charge in [-0.15, -0.1) is 0 Å². The minimum absolute atomic E-state index is 0.0911. The lowest BCUT2D eigenvalue weighted by atomic mass is 10.2. The van der Waals surface area contributed by atoms with E-state index in [1.165, 1.54) is 6.20 Å². The summed E-state index contributed by atoms with van der Waals surface area (Å²) < 4.78 is 14.0. The van der Waals surface area contributed by atoms with Crippen LogP contribution in [0.5, 0.6) is 0 Å². The average Bonchev–Trinajstić information content (AvgIpc) is 2.12. The zero-order valence-corrected chi connectivity index (χ0v) is 8.62. The number of benzene rings is 1. The van der Waals surface area contributed by atoms with Gasteiger partial charge in [0.1, 0.15) is 5.52 Å². The van der Waals surface area contributed by atoms with Crippen LogP contribution in [0.4, 0.5) is 10.3 Å². The summed E-state index contributed by atoms with van der Waals surface area (Å²) in [4.78, 5) is 7.60. The molecule has 0 fully saturated rings. The van der Waals surface area contributed by atoms with E-state index in [4.69, 9.17) is 5.73 Å². The first-order valence-corrected chi connectivity index (χ1v) is 4.62. The van der Waals surface area contributed by atoms with Crippen LogP contribution in [-0.4, -0.2) is 9.97 Å². The Morgan fingerprint density at radius 2 is 2.15 bits per heavy atom. The van der Waals surface area contributed by atoms with E-state index < -0.39 is 0 Å². The highest BCUT2D eigenvalue weighted by molar-refractivity contribution is 14.1. The average molecular weight is 289 g/mol. The molecule has 13 heavy (non-hydrogen) atoms. The maximum absolute atomic E-state index is 13.4. The summed E-state index contributed by atoms with van der Waals surface area (Å²) in [6.45, 7) is 0. The van der Waals surface area contributed by atoms with Crippen molar-refractivity contribution in [3.63, 3.8) is 0 Å². The number of anilines is 1. The third-order valence-corrected chi connectivity index (χ3v) is 2.50. The summed E-state index contributed by atoms with van der Waals surface area (Å²) in [7, 11) is 0. The number of nitrogens with zero attached hydrogens (tertiary/aromatic N) is 2. The Balaban J connectivity index is 2.89. The van der Waals surface area contributed by atoms with Crippen LogP contribution in [-0.2, 0) is 0 Å². The topological polar surface area (TPSA) is 51.8 Å². The van der Waals surface area contributed by atoms with Gasteiger partial charge in [0.05, 0.1) is 3.57 Å². The summed E-state index contributed by atoms with van der Waals surface area (Å²) in [6.07, 6.45) is 1.51. The Kier molecular flexibility index (Phi) is 2.03. The number of hydrogen-bond donors (Lipinski definition) is 1. The molecule has 0 bridgehead atoms. The molecule has 2 N–H and O–H groups in total. The molecule has 0 atom stereocenters. The van der Waals surface area contributed by atoms with Gasteiger partial charge in [0.25, 0.3) is 0 Å². The van der Waals surface area contributed by atoms with E-state index in [1.54, 1.807) is 12.1 Å². The van der Waals surface area contributed by atoms with Crippen molar-refractivity contribution in [3.05, 3.63) is 27.7 Å². The second kappa shape index (κ2) is 3.06. The largest absolute Gasteiger partial charge is 0.368 e. The molecular formula is C8H5FIN3. The van der Waals surface area contributed by atoms with Crippen molar-refractivity contribution in [2.75, 3.05) is 5.73 Å². The molecule has 2 aromatic rings. The number of fused-ring (bicyclic) bond motifs is 1. The first kappa shape index (κ1) is 8.61. The van der Waals surface area contributed by atoms with Gasteiger partial charge in [0.15, 0.2) is 5.82 Å². The summed E-state index contributed by atoms with van der Waals surface area (Å²) in [6, 6.07) is 3.44. The molecule has 1 heterocycles. The molecule has 0 saturated heterocycles. The number of aromatic nitrogens is 2. The molecular weight excluding hydrogens is 284 g/mol. The minimum Gasteiger partial charge on any atom is -0.368 e. The molecule has 0 spiro atoms. The van der Waals surface area contributed by atoms with Crippen molar-refractivity contribution in [2.45, 2.75) is 0 Å². The van der Waals surface area contributed by atoms with Gasteiger partial charge in [-0.05, 0) is 34.7 Å². The van der Waals surface area contributed by atoms with Crippen molar-refractivity contribution in [1.82, 2.24) is 9.97 Å². The second-order valence-corrected chi connectivity index (χ2v) is 3.69. The van der Waals surface area contributed by atoms with Crippen LogP contribution in [0.3, 0.4) is 0 Å². The van der Waals surface area contributed by atoms with Crippen molar-refractivity contribution in [2.24, 2.45) is 0 Å². The summed E-state index contributed by atoms with van der Waals surface area (Å²) in [5, 5.41) is 0.659. The predicted molar refractivity (Wildman–Crippen MR) is 56.6 cm³/mol. The maximum Gasteiger partial charge on any atom is 0.220 e. The molecule has 0 saturated carbocycles. The summed E-state index contributed by atoms with van der Waals surface area (Å²) in [5.74, 6) is -0.249. The Labute approximate surface area is 87.3 Å². The highest BCUT2D eigenvalue weighted by Gasteiger charge is 2.06. The Hall–Kier alpha value is -0.980. The molecule has 0 amide bonds. The molecule has 5 heteroatoms. The van der Waals surface area contributed by atoms with Crippen LogP contribution in [0.2, 0.25) is 0 Å². The van der Waals surface area contributed by atoms with Gasteiger partial charge < -0.3 is 5.73 Å². The first-order valence-electron chi connectivity index (χ1n) is 3.55. The van der Waals surface area contributed by atoms with E-state index in [-0.39, 0.29) is 17.3 Å². The number of nitrogens with two attached hydrogens (primary N) is 1. The fourth-order valence-corrected chi connectivity index (χ4v) is 1.49. The maximum atomic E-state index is 13.4. The van der Waals surface area contributed by atoms with E-state index in [1.807, 2.05) is 22.6 Å². The lowest BCUT2D eigenvalue weighted by Gasteiger charge is -2.00. The van der Waals surface area contributed by atoms with Crippen LogP contribution >= 0.6 is 22.6 Å². The first-order chi connectivity index (χ1) is 6.18. The zero-order chi connectivity index (χ0) is 9.42. The lowest BCUT2D eigenvalue weighted by Crippen LogP contribution is -1.96. The Morgan fingerprint density at radius 3 is 2.92 bits per heavy atom. The zero-order valence-electron chi connectivity index (χ0n) is 6.46. The number of nitrogen functional groups attached to an aromatic ring is 1. The minimum atomic E-state index is -0.341. The van der Waals surface area contributed by atoms with Crippen molar-refractivity contribution in [3.8, 4) is 0 Å². The van der Waals surface area contributed by atoms with Gasteiger partial charge in [-0.1, -0.05) is 0 Å². The normalized spacial score (nSPS) is 10.6. The van der Waals surface area contributed by atoms with E-state index in [0.717, 1.165) is 0 Å². The van der Waals surface area contributed by atoms with Crippen LogP contribution in [0, 0.1) is 9.39 Å². The lowest BCUT2D eigenvalue weighted by molar-refractivity contribution is 0.629. The SMILES string of the molecule is Nc1ncc2ccc(I)c(F)c2n1. The predicted octanol–water partition coefficient (Wildman–Crippen LogP) is 1.96. The Bertz CT molecular complexity index is 467. The fourth-order valence-electron chi connectivity index (χ4n) is 1.05. The summed E-state index contributed by atoms with van der Waals surface area (Å²) in [5.41, 5.74) is 5.63. The molecule has 0 aliphatic carbocycles. The molecule has 0 radical (unpaired) electrons. The number of rotatable bonds is 0. The number of hydrogen-bond acceptors (Lipinski definition) is 3. The summed E-state index contributed by atoms with van der Waals surface area (Å²) >= 11 is 1.91. The molecule has 1 aromatic carbocycles. The van der Waals surface area contributed by atoms with Gasteiger partial charge in [-0.2, -0.15) is 0 Å². The smallest absolute Gasteiger partial charge is 0.220 e. The van der Waals surface area contributed by atoms with E-state index in [2.05, 4.69) is 9.97 Å². The fraction of sp³-hybridized carbons (Fsp3) is 0. The highest BCUT2D eigenvalue weighted by Crippen LogP contribution is 2.20.